The van der Waals surface area contributed by atoms with Crippen molar-refractivity contribution < 1.29 is 24.5 Å². The molecule has 0 saturated heterocycles. The molecular formula is C73H143NO5. The zero-order chi connectivity index (χ0) is 57.1. The summed E-state index contributed by atoms with van der Waals surface area (Å²) >= 11 is 0. The number of hydrogen-bond acceptors (Lipinski definition) is 5. The number of hydrogen-bond donors (Lipinski definition) is 3. The Hall–Kier alpha value is -1.40. The van der Waals surface area contributed by atoms with E-state index in [1.54, 1.807) is 6.08 Å². The predicted molar refractivity (Wildman–Crippen MR) is 347 cm³/mol. The second-order valence-electron chi connectivity index (χ2n) is 25.3. The van der Waals surface area contributed by atoms with Crippen LogP contribution in [-0.2, 0) is 14.3 Å². The number of carbonyl (C=O) groups is 2. The zero-order valence-corrected chi connectivity index (χ0v) is 53.9. The molecule has 0 rings (SSSR count). The van der Waals surface area contributed by atoms with E-state index in [1.165, 1.54) is 353 Å². The molecule has 0 heterocycles. The second kappa shape index (κ2) is 69.1. The average molecular weight is 1110 g/mol. The molecular weight excluding hydrogens is 971 g/mol. The van der Waals surface area contributed by atoms with Gasteiger partial charge < -0.3 is 20.3 Å². The maximum atomic E-state index is 12.4. The van der Waals surface area contributed by atoms with Crippen LogP contribution in [0.5, 0.6) is 0 Å². The van der Waals surface area contributed by atoms with Crippen LogP contribution >= 0.6 is 0 Å². The molecule has 0 aliphatic heterocycles. The number of amides is 1. The fourth-order valence-electron chi connectivity index (χ4n) is 11.8. The summed E-state index contributed by atoms with van der Waals surface area (Å²) in [5.41, 5.74) is 0. The highest BCUT2D eigenvalue weighted by Gasteiger charge is 2.18. The third-order valence-electron chi connectivity index (χ3n) is 17.3. The first-order valence-electron chi connectivity index (χ1n) is 36.5. The van der Waals surface area contributed by atoms with Gasteiger partial charge in [0.05, 0.1) is 25.4 Å². The van der Waals surface area contributed by atoms with E-state index in [0.717, 1.165) is 38.5 Å². The van der Waals surface area contributed by atoms with Crippen LogP contribution in [-0.4, -0.2) is 47.4 Å². The van der Waals surface area contributed by atoms with E-state index in [-0.39, 0.29) is 18.5 Å². The number of unbranched alkanes of at least 4 members (excludes halogenated alkanes) is 58. The molecule has 0 aromatic rings. The number of ether oxygens (including phenoxy) is 1. The van der Waals surface area contributed by atoms with E-state index >= 15 is 0 Å². The molecule has 470 valence electrons. The Balaban J connectivity index is 3.27. The van der Waals surface area contributed by atoms with Crippen molar-refractivity contribution in [1.29, 1.82) is 0 Å². The third kappa shape index (κ3) is 65.6. The van der Waals surface area contributed by atoms with Crippen molar-refractivity contribution in [3.05, 3.63) is 12.2 Å². The molecule has 0 aromatic carbocycles. The van der Waals surface area contributed by atoms with Gasteiger partial charge in [0.2, 0.25) is 5.91 Å². The van der Waals surface area contributed by atoms with E-state index in [1.807, 2.05) is 6.08 Å². The van der Waals surface area contributed by atoms with Crippen molar-refractivity contribution in [1.82, 2.24) is 5.32 Å². The topological polar surface area (TPSA) is 95.9 Å². The molecule has 0 saturated carbocycles. The summed E-state index contributed by atoms with van der Waals surface area (Å²) in [4.78, 5) is 24.5. The summed E-state index contributed by atoms with van der Waals surface area (Å²) < 4.78 is 5.50. The SMILES string of the molecule is CCCCCCCCCCC/C=C/C(O)C(CO)NC(=O)CCCCCCCCCCCCCCCCCCCCCCCCCCCCCCCCCCCCCCCOC(=O)CCCCCCCCCCCCCCCC. The van der Waals surface area contributed by atoms with Crippen molar-refractivity contribution in [2.75, 3.05) is 13.2 Å². The first kappa shape index (κ1) is 77.6. The second-order valence-corrected chi connectivity index (χ2v) is 25.3. The van der Waals surface area contributed by atoms with E-state index in [2.05, 4.69) is 19.2 Å². The van der Waals surface area contributed by atoms with Crippen molar-refractivity contribution in [2.24, 2.45) is 0 Å². The van der Waals surface area contributed by atoms with Gasteiger partial charge in [0.15, 0.2) is 0 Å². The Kier molecular flexibility index (Phi) is 67.9. The minimum absolute atomic E-state index is 0.0262. The van der Waals surface area contributed by atoms with Gasteiger partial charge in [-0.25, -0.2) is 0 Å². The predicted octanol–water partition coefficient (Wildman–Crippen LogP) is 23.5. The number of aliphatic hydroxyl groups is 2. The summed E-state index contributed by atoms with van der Waals surface area (Å²) in [6.07, 6.45) is 86.2. The van der Waals surface area contributed by atoms with Gasteiger partial charge in [-0.3, -0.25) is 9.59 Å². The summed E-state index contributed by atoms with van der Waals surface area (Å²) in [7, 11) is 0. The first-order valence-corrected chi connectivity index (χ1v) is 36.5. The van der Waals surface area contributed by atoms with E-state index < -0.39 is 12.1 Å². The normalized spacial score (nSPS) is 12.5. The standard InChI is InChI=1S/C73H143NO5/c1-3-5-7-9-11-13-15-16-43-47-51-55-59-63-67-73(78)79-68-64-60-56-52-48-44-41-39-37-35-33-31-29-27-25-23-21-19-17-18-20-22-24-26-28-30-32-34-36-38-40-42-46-50-54-58-62-66-72(77)74-70(69-75)71(76)65-61-57-53-49-45-14-12-10-8-6-4-2/h61,65,70-71,75-76H,3-60,62-64,66-69H2,1-2H3,(H,74,77)/b65-61+. The lowest BCUT2D eigenvalue weighted by atomic mass is 10.0. The van der Waals surface area contributed by atoms with Crippen molar-refractivity contribution in [3.63, 3.8) is 0 Å². The Bertz CT molecular complexity index is 1190. The Morgan fingerprint density at radius 3 is 0.861 bits per heavy atom. The van der Waals surface area contributed by atoms with Crippen molar-refractivity contribution >= 4 is 11.9 Å². The molecule has 6 nitrogen and oxygen atoms in total. The Morgan fingerprint density at radius 1 is 0.342 bits per heavy atom. The van der Waals surface area contributed by atoms with E-state index in [0.29, 0.717) is 19.4 Å². The molecule has 1 amide bonds. The quantitative estimate of drug-likeness (QED) is 0.0320. The molecule has 0 radical (unpaired) electrons. The molecule has 6 heteroatoms. The zero-order valence-electron chi connectivity index (χ0n) is 53.9. The Morgan fingerprint density at radius 2 is 0.582 bits per heavy atom. The molecule has 79 heavy (non-hydrogen) atoms. The van der Waals surface area contributed by atoms with E-state index in [9.17, 15) is 19.8 Å². The molecule has 0 aliphatic carbocycles. The van der Waals surface area contributed by atoms with Crippen molar-refractivity contribution in [2.45, 2.75) is 431 Å². The lowest BCUT2D eigenvalue weighted by Gasteiger charge is -2.20. The van der Waals surface area contributed by atoms with Gasteiger partial charge in [0.25, 0.3) is 0 Å². The van der Waals surface area contributed by atoms with Crippen LogP contribution in [0.4, 0.5) is 0 Å². The van der Waals surface area contributed by atoms with Gasteiger partial charge in [-0.2, -0.15) is 0 Å². The van der Waals surface area contributed by atoms with Crippen LogP contribution in [0.3, 0.4) is 0 Å². The highest BCUT2D eigenvalue weighted by molar-refractivity contribution is 5.76. The van der Waals surface area contributed by atoms with E-state index in [4.69, 9.17) is 4.74 Å². The number of nitrogens with one attached hydrogen (secondary N) is 1. The number of esters is 1. The minimum atomic E-state index is -0.838. The fraction of sp³-hybridized carbons (Fsp3) is 0.945. The van der Waals surface area contributed by atoms with Crippen LogP contribution in [0.1, 0.15) is 418 Å². The monoisotopic (exact) mass is 1110 g/mol. The van der Waals surface area contributed by atoms with Crippen molar-refractivity contribution in [3.8, 4) is 0 Å². The molecule has 0 spiro atoms. The molecule has 2 atom stereocenters. The summed E-state index contributed by atoms with van der Waals surface area (Å²) in [6, 6.07) is -0.621. The summed E-state index contributed by atoms with van der Waals surface area (Å²) in [6.45, 7) is 4.93. The fourth-order valence-corrected chi connectivity index (χ4v) is 11.8. The maximum absolute atomic E-state index is 12.4. The van der Waals surface area contributed by atoms with Gasteiger partial charge in [-0.15, -0.1) is 0 Å². The van der Waals surface area contributed by atoms with Gasteiger partial charge in [-0.1, -0.05) is 386 Å². The smallest absolute Gasteiger partial charge is 0.305 e. The largest absolute Gasteiger partial charge is 0.466 e. The first-order chi connectivity index (χ1) is 39.0. The Labute approximate surface area is 495 Å². The number of carbonyl (C=O) groups excluding carboxylic acids is 2. The number of aliphatic hydroxyl groups excluding tert-OH is 2. The van der Waals surface area contributed by atoms with Crippen LogP contribution < -0.4 is 5.32 Å². The number of allylic oxidation sites excluding steroid dienone is 1. The molecule has 3 N–H and O–H groups in total. The number of rotatable bonds is 69. The van der Waals surface area contributed by atoms with Gasteiger partial charge in [0.1, 0.15) is 0 Å². The molecule has 2 unspecified atom stereocenters. The minimum Gasteiger partial charge on any atom is -0.466 e. The van der Waals surface area contributed by atoms with Gasteiger partial charge >= 0.3 is 5.97 Å². The lowest BCUT2D eigenvalue weighted by molar-refractivity contribution is -0.143. The molecule has 0 aliphatic rings. The van der Waals surface area contributed by atoms with Crippen LogP contribution in [0, 0.1) is 0 Å². The van der Waals surface area contributed by atoms with Gasteiger partial charge in [0, 0.05) is 12.8 Å². The molecule has 0 fully saturated rings. The molecule has 0 aromatic heterocycles. The maximum Gasteiger partial charge on any atom is 0.305 e. The van der Waals surface area contributed by atoms with Gasteiger partial charge in [-0.05, 0) is 32.1 Å². The molecule has 0 bridgehead atoms. The average Bonchev–Trinajstić information content (AvgIpc) is 3.45. The highest BCUT2D eigenvalue weighted by atomic mass is 16.5. The van der Waals surface area contributed by atoms with Crippen LogP contribution in [0.15, 0.2) is 12.2 Å². The van der Waals surface area contributed by atoms with Crippen LogP contribution in [0.25, 0.3) is 0 Å². The highest BCUT2D eigenvalue weighted by Crippen LogP contribution is 2.20. The summed E-state index contributed by atoms with van der Waals surface area (Å²) in [5, 5.41) is 23.1. The summed E-state index contributed by atoms with van der Waals surface area (Å²) in [5.74, 6) is -0.0351. The lowest BCUT2D eigenvalue weighted by Crippen LogP contribution is -2.45. The third-order valence-corrected chi connectivity index (χ3v) is 17.3. The van der Waals surface area contributed by atoms with Crippen LogP contribution in [0.2, 0.25) is 0 Å².